The minimum Gasteiger partial charge on any atom is -0.480 e. The number of hydrogen-bond acceptors (Lipinski definition) is 3. The maximum atomic E-state index is 11.8. The van der Waals surface area contributed by atoms with E-state index in [1.807, 2.05) is 39.0 Å². The number of rotatable bonds is 6. The zero-order valence-electron chi connectivity index (χ0n) is 11.4. The summed E-state index contributed by atoms with van der Waals surface area (Å²) in [5.41, 5.74) is 1.71. The molecular formula is C14H20N2O3. The summed E-state index contributed by atoms with van der Waals surface area (Å²) in [5, 5.41) is 14.6. The van der Waals surface area contributed by atoms with Gasteiger partial charge in [-0.3, -0.25) is 9.59 Å². The minimum atomic E-state index is -1.02. The van der Waals surface area contributed by atoms with Crippen molar-refractivity contribution in [2.75, 3.05) is 5.32 Å². The second-order valence-electron chi connectivity index (χ2n) is 4.83. The van der Waals surface area contributed by atoms with Crippen LogP contribution in [0.1, 0.15) is 25.8 Å². The largest absolute Gasteiger partial charge is 0.480 e. The van der Waals surface area contributed by atoms with Gasteiger partial charge < -0.3 is 15.7 Å². The summed E-state index contributed by atoms with van der Waals surface area (Å²) in [7, 11) is 0. The highest BCUT2D eigenvalue weighted by atomic mass is 16.4. The van der Waals surface area contributed by atoms with Crippen LogP contribution in [0.3, 0.4) is 0 Å². The van der Waals surface area contributed by atoms with E-state index in [1.54, 1.807) is 6.07 Å². The summed E-state index contributed by atoms with van der Waals surface area (Å²) in [5.74, 6) is -1.33. The molecule has 0 radical (unpaired) electrons. The Morgan fingerprint density at radius 1 is 1.32 bits per heavy atom. The number of nitrogens with one attached hydrogen (secondary N) is 2. The van der Waals surface area contributed by atoms with Gasteiger partial charge in [-0.2, -0.15) is 0 Å². The summed E-state index contributed by atoms with van der Waals surface area (Å²) in [6.07, 6.45) is -0.0958. The Bertz CT molecular complexity index is 458. The number of aliphatic carboxylic acids is 1. The van der Waals surface area contributed by atoms with Gasteiger partial charge in [-0.25, -0.2) is 0 Å². The van der Waals surface area contributed by atoms with Crippen LogP contribution in [-0.4, -0.2) is 29.1 Å². The number of carbonyl (C=O) groups is 2. The van der Waals surface area contributed by atoms with Crippen molar-refractivity contribution in [1.29, 1.82) is 0 Å². The second-order valence-corrected chi connectivity index (χ2v) is 4.83. The molecule has 0 fully saturated rings. The van der Waals surface area contributed by atoms with Gasteiger partial charge in [0.25, 0.3) is 0 Å². The summed E-state index contributed by atoms with van der Waals surface area (Å²) < 4.78 is 0. The molecule has 0 aliphatic rings. The maximum absolute atomic E-state index is 11.8. The second kappa shape index (κ2) is 6.89. The number of hydrogen-bond donors (Lipinski definition) is 3. The third kappa shape index (κ3) is 5.52. The van der Waals surface area contributed by atoms with Gasteiger partial charge in [0.05, 0.1) is 6.42 Å². The molecule has 0 spiro atoms. The first kappa shape index (κ1) is 15.2. The molecule has 0 aliphatic carbocycles. The molecule has 19 heavy (non-hydrogen) atoms. The Hall–Kier alpha value is -1.88. The number of benzene rings is 1. The van der Waals surface area contributed by atoms with Crippen LogP contribution in [0.25, 0.3) is 0 Å². The molecule has 1 atom stereocenters. The molecule has 0 heterocycles. The van der Waals surface area contributed by atoms with Gasteiger partial charge in [-0.15, -0.1) is 0 Å². The van der Waals surface area contributed by atoms with Crippen molar-refractivity contribution >= 4 is 17.6 Å². The predicted molar refractivity (Wildman–Crippen MR) is 74.1 cm³/mol. The molecule has 0 bridgehead atoms. The highest BCUT2D eigenvalue weighted by Gasteiger charge is 2.21. The van der Waals surface area contributed by atoms with E-state index in [-0.39, 0.29) is 18.4 Å². The number of carbonyl (C=O) groups excluding carboxylic acids is 1. The Morgan fingerprint density at radius 2 is 2.00 bits per heavy atom. The Labute approximate surface area is 113 Å². The Morgan fingerprint density at radius 3 is 2.53 bits per heavy atom. The fourth-order valence-corrected chi connectivity index (χ4v) is 1.74. The first-order chi connectivity index (χ1) is 8.88. The normalized spacial score (nSPS) is 12.2. The van der Waals surface area contributed by atoms with E-state index in [2.05, 4.69) is 10.6 Å². The summed E-state index contributed by atoms with van der Waals surface area (Å²) >= 11 is 0. The van der Waals surface area contributed by atoms with Crippen LogP contribution >= 0.6 is 0 Å². The lowest BCUT2D eigenvalue weighted by atomic mass is 10.1. The lowest BCUT2D eigenvalue weighted by Gasteiger charge is -2.16. The van der Waals surface area contributed by atoms with Crippen LogP contribution < -0.4 is 10.6 Å². The molecular weight excluding hydrogens is 244 g/mol. The zero-order valence-corrected chi connectivity index (χ0v) is 11.4. The van der Waals surface area contributed by atoms with Gasteiger partial charge in [-0.1, -0.05) is 26.0 Å². The first-order valence-corrected chi connectivity index (χ1v) is 6.24. The number of carboxylic acids is 1. The van der Waals surface area contributed by atoms with Crippen molar-refractivity contribution in [3.05, 3.63) is 29.8 Å². The van der Waals surface area contributed by atoms with Crippen molar-refractivity contribution in [2.45, 2.75) is 39.3 Å². The third-order valence-corrected chi connectivity index (χ3v) is 2.52. The van der Waals surface area contributed by atoms with E-state index in [1.165, 1.54) is 0 Å². The highest BCUT2D eigenvalue weighted by Crippen LogP contribution is 2.10. The van der Waals surface area contributed by atoms with Crippen molar-refractivity contribution in [3.63, 3.8) is 0 Å². The lowest BCUT2D eigenvalue weighted by molar-refractivity contribution is -0.141. The molecule has 0 saturated heterocycles. The number of carboxylic acid groups (broad SMARTS) is 1. The number of amides is 1. The van der Waals surface area contributed by atoms with Crippen LogP contribution in [0.5, 0.6) is 0 Å². The fourth-order valence-electron chi connectivity index (χ4n) is 1.74. The van der Waals surface area contributed by atoms with E-state index in [4.69, 9.17) is 5.11 Å². The summed E-state index contributed by atoms with van der Waals surface area (Å²) in [6.45, 7) is 5.61. The van der Waals surface area contributed by atoms with Crippen LogP contribution in [0.15, 0.2) is 24.3 Å². The number of anilines is 1. The minimum absolute atomic E-state index is 0.00729. The molecule has 1 amide bonds. The molecule has 3 N–H and O–H groups in total. The van der Waals surface area contributed by atoms with Crippen molar-refractivity contribution in [3.8, 4) is 0 Å². The lowest BCUT2D eigenvalue weighted by Crippen LogP contribution is -2.43. The van der Waals surface area contributed by atoms with Crippen molar-refractivity contribution in [1.82, 2.24) is 5.32 Å². The standard InChI is InChI=1S/C14H20N2O3/c1-9(2)15-12(14(18)19)8-13(17)16-11-6-4-5-10(3)7-11/h4-7,9,12,15H,8H2,1-3H3,(H,16,17)(H,18,19)/t12-/m0/s1. The summed E-state index contributed by atoms with van der Waals surface area (Å²) in [4.78, 5) is 22.8. The van der Waals surface area contributed by atoms with Gasteiger partial charge in [0, 0.05) is 11.7 Å². The fraction of sp³-hybridized carbons (Fsp3) is 0.429. The van der Waals surface area contributed by atoms with Crippen LogP contribution in [-0.2, 0) is 9.59 Å². The molecule has 0 aromatic heterocycles. The smallest absolute Gasteiger partial charge is 0.321 e. The average Bonchev–Trinajstić information content (AvgIpc) is 2.27. The van der Waals surface area contributed by atoms with Crippen LogP contribution in [0.4, 0.5) is 5.69 Å². The summed E-state index contributed by atoms with van der Waals surface area (Å²) in [6, 6.07) is 6.51. The van der Waals surface area contributed by atoms with Gasteiger partial charge in [-0.05, 0) is 24.6 Å². The molecule has 5 heteroatoms. The van der Waals surface area contributed by atoms with E-state index >= 15 is 0 Å². The van der Waals surface area contributed by atoms with E-state index in [0.29, 0.717) is 5.69 Å². The van der Waals surface area contributed by atoms with E-state index < -0.39 is 12.0 Å². The third-order valence-electron chi connectivity index (χ3n) is 2.52. The first-order valence-electron chi connectivity index (χ1n) is 6.24. The van der Waals surface area contributed by atoms with Gasteiger partial charge in [0.1, 0.15) is 6.04 Å². The van der Waals surface area contributed by atoms with Crippen molar-refractivity contribution < 1.29 is 14.7 Å². The Balaban J connectivity index is 2.60. The molecule has 1 rings (SSSR count). The van der Waals surface area contributed by atoms with Gasteiger partial charge >= 0.3 is 5.97 Å². The molecule has 0 saturated carbocycles. The quantitative estimate of drug-likeness (QED) is 0.731. The topological polar surface area (TPSA) is 78.4 Å². The van der Waals surface area contributed by atoms with E-state index in [9.17, 15) is 9.59 Å². The molecule has 0 unspecified atom stereocenters. The molecule has 1 aromatic carbocycles. The molecule has 1 aromatic rings. The van der Waals surface area contributed by atoms with Gasteiger partial charge in [0.15, 0.2) is 0 Å². The highest BCUT2D eigenvalue weighted by molar-refractivity contribution is 5.94. The zero-order chi connectivity index (χ0) is 14.4. The average molecular weight is 264 g/mol. The SMILES string of the molecule is Cc1cccc(NC(=O)C[C@H](NC(C)C)C(=O)O)c1. The van der Waals surface area contributed by atoms with Crippen LogP contribution in [0.2, 0.25) is 0 Å². The monoisotopic (exact) mass is 264 g/mol. The van der Waals surface area contributed by atoms with E-state index in [0.717, 1.165) is 5.56 Å². The molecule has 0 aliphatic heterocycles. The molecule has 104 valence electrons. The number of aryl methyl sites for hydroxylation is 1. The van der Waals surface area contributed by atoms with Crippen LogP contribution in [0, 0.1) is 6.92 Å². The van der Waals surface area contributed by atoms with Gasteiger partial charge in [0.2, 0.25) is 5.91 Å². The van der Waals surface area contributed by atoms with Crippen molar-refractivity contribution in [2.24, 2.45) is 0 Å². The Kier molecular flexibility index (Phi) is 5.51. The predicted octanol–water partition coefficient (Wildman–Crippen LogP) is 1.77. The maximum Gasteiger partial charge on any atom is 0.321 e. The molecule has 5 nitrogen and oxygen atoms in total.